The Bertz CT molecular complexity index is 1180. The maximum Gasteiger partial charge on any atom is 0.332 e. The molecule has 2 N–H and O–H groups in total. The number of aryl methyl sites for hydroxylation is 1. The molecule has 0 saturated carbocycles. The number of benzene rings is 3. The molecule has 0 heterocycles. The molecule has 0 spiro atoms. The number of fused-ring (bicyclic) bond motifs is 1. The monoisotopic (exact) mass is 445 g/mol. The minimum Gasteiger partial charge on any atom is -0.478 e. The number of halogens is 1. The molecule has 0 aromatic heterocycles. The van der Waals surface area contributed by atoms with Gasteiger partial charge in [-0.2, -0.15) is 0 Å². The fourth-order valence-corrected chi connectivity index (χ4v) is 4.68. The van der Waals surface area contributed by atoms with E-state index in [9.17, 15) is 9.90 Å². The molecule has 1 aliphatic rings. The molecule has 1 unspecified atom stereocenters. The first-order valence-electron chi connectivity index (χ1n) is 11.0. The van der Waals surface area contributed by atoms with Gasteiger partial charge in [0.1, 0.15) is 0 Å². The van der Waals surface area contributed by atoms with Crippen LogP contribution in [-0.2, 0) is 17.8 Å². The van der Waals surface area contributed by atoms with Crippen LogP contribution in [0.15, 0.2) is 66.2 Å². The zero-order chi connectivity index (χ0) is 22.8. The number of nitrogens with one attached hydrogen (secondary N) is 1. The summed E-state index contributed by atoms with van der Waals surface area (Å²) in [4.78, 5) is 12.1. The van der Waals surface area contributed by atoms with Gasteiger partial charge in [-0.25, -0.2) is 4.79 Å². The van der Waals surface area contributed by atoms with Crippen LogP contribution in [0.5, 0.6) is 0 Å². The van der Waals surface area contributed by atoms with E-state index in [0.29, 0.717) is 29.5 Å². The van der Waals surface area contributed by atoms with Crippen molar-refractivity contribution in [1.29, 1.82) is 0 Å². The van der Waals surface area contributed by atoms with Gasteiger partial charge in [0, 0.05) is 34.3 Å². The molecule has 4 rings (SSSR count). The summed E-state index contributed by atoms with van der Waals surface area (Å²) in [6, 6.07) is 20.4. The predicted octanol–water partition coefficient (Wildman–Crippen LogP) is 7.19. The maximum atomic E-state index is 12.1. The number of aliphatic carboxylic acids is 1. The molecular weight excluding hydrogens is 418 g/mol. The Morgan fingerprint density at radius 2 is 1.81 bits per heavy atom. The highest BCUT2D eigenvalue weighted by Gasteiger charge is 2.32. The van der Waals surface area contributed by atoms with E-state index in [0.717, 1.165) is 27.9 Å². The minimum atomic E-state index is -0.872. The van der Waals surface area contributed by atoms with Crippen LogP contribution >= 0.6 is 11.6 Å². The molecular formula is C28H28ClNO2. The number of carboxylic acids is 1. The summed E-state index contributed by atoms with van der Waals surface area (Å²) in [6.07, 6.45) is 2.44. The van der Waals surface area contributed by atoms with E-state index in [1.54, 1.807) is 0 Å². The molecule has 1 aliphatic carbocycles. The molecule has 32 heavy (non-hydrogen) atoms. The van der Waals surface area contributed by atoms with Gasteiger partial charge < -0.3 is 10.4 Å². The molecule has 164 valence electrons. The molecule has 0 amide bonds. The SMILES string of the molecule is Cc1ccc(NCc2ccc(C(C)C)cc2)c2c1C(Cc1cccc(Cl)c1)C(C(=O)O)=C2. The van der Waals surface area contributed by atoms with E-state index in [-0.39, 0.29) is 5.92 Å². The molecule has 0 fully saturated rings. The topological polar surface area (TPSA) is 49.3 Å². The van der Waals surface area contributed by atoms with Gasteiger partial charge >= 0.3 is 5.97 Å². The second kappa shape index (κ2) is 9.22. The number of carbonyl (C=O) groups is 1. The van der Waals surface area contributed by atoms with E-state index in [1.807, 2.05) is 36.4 Å². The molecule has 1 atom stereocenters. The summed E-state index contributed by atoms with van der Waals surface area (Å²) in [5.74, 6) is -0.565. The third kappa shape index (κ3) is 4.58. The summed E-state index contributed by atoms with van der Waals surface area (Å²) in [6.45, 7) is 7.12. The van der Waals surface area contributed by atoms with E-state index >= 15 is 0 Å². The van der Waals surface area contributed by atoms with Crippen LogP contribution in [-0.4, -0.2) is 11.1 Å². The highest BCUT2D eigenvalue weighted by Crippen LogP contribution is 2.44. The number of hydrogen-bond acceptors (Lipinski definition) is 2. The van der Waals surface area contributed by atoms with Gasteiger partial charge in [-0.3, -0.25) is 0 Å². The average Bonchev–Trinajstić information content (AvgIpc) is 3.14. The predicted molar refractivity (Wildman–Crippen MR) is 133 cm³/mol. The van der Waals surface area contributed by atoms with Crippen LogP contribution in [0, 0.1) is 6.92 Å². The highest BCUT2D eigenvalue weighted by atomic mass is 35.5. The molecule has 3 aromatic rings. The Hall–Kier alpha value is -3.04. The maximum absolute atomic E-state index is 12.1. The van der Waals surface area contributed by atoms with Gasteiger partial charge in [-0.1, -0.05) is 67.9 Å². The smallest absolute Gasteiger partial charge is 0.332 e. The van der Waals surface area contributed by atoms with E-state index < -0.39 is 5.97 Å². The van der Waals surface area contributed by atoms with Gasteiger partial charge in [0.25, 0.3) is 0 Å². The molecule has 3 aromatic carbocycles. The van der Waals surface area contributed by atoms with Crippen LogP contribution in [0.25, 0.3) is 6.08 Å². The number of hydrogen-bond donors (Lipinski definition) is 2. The molecule has 4 heteroatoms. The summed E-state index contributed by atoms with van der Waals surface area (Å²) in [7, 11) is 0. The van der Waals surface area contributed by atoms with Crippen molar-refractivity contribution < 1.29 is 9.90 Å². The van der Waals surface area contributed by atoms with Gasteiger partial charge in [0.2, 0.25) is 0 Å². The number of anilines is 1. The summed E-state index contributed by atoms with van der Waals surface area (Å²) in [5.41, 5.74) is 8.11. The Morgan fingerprint density at radius 1 is 1.06 bits per heavy atom. The lowest BCUT2D eigenvalue weighted by atomic mass is 9.86. The van der Waals surface area contributed by atoms with Crippen molar-refractivity contribution in [2.45, 2.75) is 45.6 Å². The molecule has 0 saturated heterocycles. The first kappa shape index (κ1) is 22.2. The zero-order valence-electron chi connectivity index (χ0n) is 18.7. The second-order valence-electron chi connectivity index (χ2n) is 8.80. The van der Waals surface area contributed by atoms with Gasteiger partial charge in [-0.05, 0) is 71.4 Å². The minimum absolute atomic E-state index is 0.201. The van der Waals surface area contributed by atoms with Gasteiger partial charge in [-0.15, -0.1) is 0 Å². The van der Waals surface area contributed by atoms with Crippen molar-refractivity contribution in [2.75, 3.05) is 5.32 Å². The van der Waals surface area contributed by atoms with Crippen molar-refractivity contribution in [3.8, 4) is 0 Å². The van der Waals surface area contributed by atoms with Crippen LogP contribution in [0.4, 0.5) is 5.69 Å². The Balaban J connectivity index is 1.63. The van der Waals surface area contributed by atoms with Crippen molar-refractivity contribution in [2.24, 2.45) is 0 Å². The normalized spacial score (nSPS) is 14.9. The van der Waals surface area contributed by atoms with Crippen molar-refractivity contribution >= 4 is 29.3 Å². The summed E-state index contributed by atoms with van der Waals surface area (Å²) < 4.78 is 0. The zero-order valence-corrected chi connectivity index (χ0v) is 19.4. The van der Waals surface area contributed by atoms with Crippen LogP contribution in [0.3, 0.4) is 0 Å². The lowest BCUT2D eigenvalue weighted by Crippen LogP contribution is -2.12. The first-order chi connectivity index (χ1) is 15.3. The van der Waals surface area contributed by atoms with Crippen LogP contribution in [0.1, 0.15) is 59.1 Å². The number of carboxylic acid groups (broad SMARTS) is 1. The lowest BCUT2D eigenvalue weighted by molar-refractivity contribution is -0.132. The van der Waals surface area contributed by atoms with Crippen molar-refractivity contribution in [3.05, 3.63) is 105 Å². The van der Waals surface area contributed by atoms with Crippen LogP contribution < -0.4 is 5.32 Å². The largest absolute Gasteiger partial charge is 0.478 e. The molecule has 0 bridgehead atoms. The Labute approximate surface area is 194 Å². The second-order valence-corrected chi connectivity index (χ2v) is 9.24. The highest BCUT2D eigenvalue weighted by molar-refractivity contribution is 6.30. The first-order valence-corrected chi connectivity index (χ1v) is 11.4. The quantitative estimate of drug-likeness (QED) is 0.404. The van der Waals surface area contributed by atoms with Crippen molar-refractivity contribution in [1.82, 2.24) is 0 Å². The average molecular weight is 446 g/mol. The lowest BCUT2D eigenvalue weighted by Gasteiger charge is -2.19. The Morgan fingerprint density at radius 3 is 2.47 bits per heavy atom. The molecule has 0 aliphatic heterocycles. The van der Waals surface area contributed by atoms with E-state index in [1.165, 1.54) is 11.1 Å². The van der Waals surface area contributed by atoms with Crippen molar-refractivity contribution in [3.63, 3.8) is 0 Å². The third-order valence-electron chi connectivity index (χ3n) is 6.23. The molecule has 3 nitrogen and oxygen atoms in total. The molecule has 0 radical (unpaired) electrons. The van der Waals surface area contributed by atoms with E-state index in [2.05, 4.69) is 56.4 Å². The van der Waals surface area contributed by atoms with Gasteiger partial charge in [0.15, 0.2) is 0 Å². The number of rotatable bonds is 7. The summed E-state index contributed by atoms with van der Waals surface area (Å²) >= 11 is 6.17. The fourth-order valence-electron chi connectivity index (χ4n) is 4.47. The standard InChI is InChI=1S/C28H28ClNO2/c1-17(2)21-10-8-19(9-11-21)16-30-26-12-7-18(3)27-23(24(28(31)32)15-25(26)27)14-20-5-4-6-22(29)13-20/h4-13,15,17,23,30H,14,16H2,1-3H3,(H,31,32). The van der Waals surface area contributed by atoms with Crippen LogP contribution in [0.2, 0.25) is 5.02 Å². The third-order valence-corrected chi connectivity index (χ3v) is 6.47. The Kier molecular flexibility index (Phi) is 6.38. The summed E-state index contributed by atoms with van der Waals surface area (Å²) in [5, 5.41) is 14.1. The van der Waals surface area contributed by atoms with Gasteiger partial charge in [0.05, 0.1) is 0 Å². The van der Waals surface area contributed by atoms with E-state index in [4.69, 9.17) is 11.6 Å². The fraction of sp³-hybridized carbons (Fsp3) is 0.250.